The summed E-state index contributed by atoms with van der Waals surface area (Å²) in [6.45, 7) is 4.78. The molecule has 1 aliphatic heterocycles. The summed E-state index contributed by atoms with van der Waals surface area (Å²) in [6, 6.07) is 3.59. The second-order valence-electron chi connectivity index (χ2n) is 6.24. The summed E-state index contributed by atoms with van der Waals surface area (Å²) in [5, 5.41) is 3.01. The van der Waals surface area contributed by atoms with Gasteiger partial charge in [-0.3, -0.25) is 14.8 Å². The third-order valence-corrected chi connectivity index (χ3v) is 4.53. The van der Waals surface area contributed by atoms with Crippen LogP contribution in [0.5, 0.6) is 0 Å². The Hall–Kier alpha value is -2.41. The molecular weight excluding hydrogens is 292 g/mol. The molecule has 0 saturated carbocycles. The highest BCUT2D eigenvalue weighted by molar-refractivity contribution is 5.39. The fourth-order valence-electron chi connectivity index (χ4n) is 3.32. The lowest BCUT2D eigenvalue weighted by atomic mass is 9.93. The maximum absolute atomic E-state index is 12.2. The summed E-state index contributed by atoms with van der Waals surface area (Å²) in [5.41, 5.74) is 2.55. The van der Waals surface area contributed by atoms with E-state index in [1.165, 1.54) is 4.52 Å². The molecule has 4 rings (SSSR count). The van der Waals surface area contributed by atoms with E-state index in [0.717, 1.165) is 49.7 Å². The molecule has 3 aromatic heterocycles. The Bertz CT molecular complexity index is 854. The summed E-state index contributed by atoms with van der Waals surface area (Å²) in [5.74, 6) is 1.36. The number of aryl methyl sites for hydroxylation is 1. The molecule has 0 spiro atoms. The Kier molecular flexibility index (Phi) is 3.49. The lowest BCUT2D eigenvalue weighted by Crippen LogP contribution is -2.33. The van der Waals surface area contributed by atoms with E-state index in [1.54, 1.807) is 12.3 Å². The van der Waals surface area contributed by atoms with Crippen molar-refractivity contribution < 1.29 is 0 Å². The van der Waals surface area contributed by atoms with Gasteiger partial charge in [0, 0.05) is 36.1 Å². The van der Waals surface area contributed by atoms with E-state index in [0.29, 0.717) is 11.6 Å². The minimum Gasteiger partial charge on any atom is -0.348 e. The summed E-state index contributed by atoms with van der Waals surface area (Å²) < 4.78 is 1.50. The van der Waals surface area contributed by atoms with E-state index in [4.69, 9.17) is 0 Å². The fraction of sp³-hybridized carbons (Fsp3) is 0.438. The van der Waals surface area contributed by atoms with Gasteiger partial charge in [0.05, 0.1) is 12.2 Å². The van der Waals surface area contributed by atoms with Gasteiger partial charge in [-0.15, -0.1) is 0 Å². The molecule has 7 nitrogen and oxygen atoms in total. The molecule has 0 amide bonds. The molecule has 0 radical (unpaired) electrons. The zero-order valence-electron chi connectivity index (χ0n) is 13.1. The highest BCUT2D eigenvalue weighted by Gasteiger charge is 2.23. The highest BCUT2D eigenvalue weighted by atomic mass is 16.1. The summed E-state index contributed by atoms with van der Waals surface area (Å²) in [7, 11) is 0. The molecule has 1 aliphatic rings. The van der Waals surface area contributed by atoms with Crippen molar-refractivity contribution in [3.8, 4) is 0 Å². The Morgan fingerprint density at radius 2 is 2.13 bits per heavy atom. The first kappa shape index (κ1) is 14.2. The van der Waals surface area contributed by atoms with Gasteiger partial charge < -0.3 is 4.98 Å². The number of nitrogens with zero attached hydrogens (tertiary/aromatic N) is 4. The minimum absolute atomic E-state index is 0.0314. The van der Waals surface area contributed by atoms with Crippen LogP contribution in [0, 0.1) is 6.92 Å². The monoisotopic (exact) mass is 312 g/mol. The van der Waals surface area contributed by atoms with Crippen LogP contribution >= 0.6 is 0 Å². The lowest BCUT2D eigenvalue weighted by Gasteiger charge is -2.30. The maximum atomic E-state index is 12.2. The maximum Gasteiger partial charge on any atom is 0.272 e. The first-order valence-electron chi connectivity index (χ1n) is 7.99. The molecular formula is C16H20N6O. The van der Waals surface area contributed by atoms with Crippen molar-refractivity contribution >= 4 is 5.65 Å². The van der Waals surface area contributed by atoms with Gasteiger partial charge in [0.15, 0.2) is 5.65 Å². The number of rotatable bonds is 3. The largest absolute Gasteiger partial charge is 0.348 e. The van der Waals surface area contributed by atoms with Crippen LogP contribution in [-0.2, 0) is 6.54 Å². The number of likely N-dealkylation sites (tertiary alicyclic amines) is 1. The van der Waals surface area contributed by atoms with E-state index in [2.05, 4.69) is 25.0 Å². The summed E-state index contributed by atoms with van der Waals surface area (Å²) >= 11 is 0. The number of aromatic amines is 2. The number of nitrogens with one attached hydrogen (secondary N) is 2. The number of hydrogen-bond acceptors (Lipinski definition) is 4. The van der Waals surface area contributed by atoms with Crippen molar-refractivity contribution in [3.63, 3.8) is 0 Å². The van der Waals surface area contributed by atoms with Crippen LogP contribution in [0.1, 0.15) is 36.0 Å². The van der Waals surface area contributed by atoms with Crippen LogP contribution in [0.15, 0.2) is 29.3 Å². The van der Waals surface area contributed by atoms with Gasteiger partial charge in [-0.2, -0.15) is 0 Å². The van der Waals surface area contributed by atoms with Gasteiger partial charge >= 0.3 is 0 Å². The molecule has 23 heavy (non-hydrogen) atoms. The topological polar surface area (TPSA) is 82.1 Å². The van der Waals surface area contributed by atoms with Crippen molar-refractivity contribution in [1.29, 1.82) is 0 Å². The van der Waals surface area contributed by atoms with Gasteiger partial charge in [-0.1, -0.05) is 0 Å². The number of hydrogen-bond donors (Lipinski definition) is 2. The molecule has 1 fully saturated rings. The van der Waals surface area contributed by atoms with Crippen molar-refractivity contribution in [1.82, 2.24) is 29.5 Å². The zero-order chi connectivity index (χ0) is 15.8. The molecule has 120 valence electrons. The fourth-order valence-corrected chi connectivity index (χ4v) is 3.32. The average molecular weight is 312 g/mol. The van der Waals surface area contributed by atoms with Crippen molar-refractivity contribution in [3.05, 3.63) is 52.1 Å². The molecule has 4 heterocycles. The van der Waals surface area contributed by atoms with E-state index < -0.39 is 0 Å². The van der Waals surface area contributed by atoms with Crippen molar-refractivity contribution in [2.24, 2.45) is 0 Å². The molecule has 0 unspecified atom stereocenters. The lowest BCUT2D eigenvalue weighted by molar-refractivity contribution is 0.199. The Balaban J connectivity index is 1.48. The third kappa shape index (κ3) is 2.79. The van der Waals surface area contributed by atoms with E-state index in [1.807, 2.05) is 19.2 Å². The molecule has 1 saturated heterocycles. The number of piperidine rings is 1. The van der Waals surface area contributed by atoms with Gasteiger partial charge in [0.25, 0.3) is 5.56 Å². The normalized spacial score (nSPS) is 17.1. The molecule has 0 aliphatic carbocycles. The van der Waals surface area contributed by atoms with Crippen LogP contribution in [0.3, 0.4) is 0 Å². The average Bonchev–Trinajstić information content (AvgIpc) is 3.17. The highest BCUT2D eigenvalue weighted by Crippen LogP contribution is 2.26. The van der Waals surface area contributed by atoms with Gasteiger partial charge in [-0.25, -0.2) is 14.5 Å². The van der Waals surface area contributed by atoms with Gasteiger partial charge in [-0.05, 0) is 32.9 Å². The number of H-pyrrole nitrogens is 2. The van der Waals surface area contributed by atoms with Gasteiger partial charge in [0.1, 0.15) is 5.82 Å². The van der Waals surface area contributed by atoms with Gasteiger partial charge in [0.2, 0.25) is 0 Å². The Morgan fingerprint density at radius 3 is 2.87 bits per heavy atom. The predicted octanol–water partition coefficient (Wildman–Crippen LogP) is 1.43. The second kappa shape index (κ2) is 5.66. The van der Waals surface area contributed by atoms with Crippen LogP contribution < -0.4 is 5.56 Å². The molecule has 0 aromatic carbocycles. The summed E-state index contributed by atoms with van der Waals surface area (Å²) in [6.07, 6.45) is 5.68. The zero-order valence-corrected chi connectivity index (χ0v) is 13.1. The quantitative estimate of drug-likeness (QED) is 0.766. The number of fused-ring (bicyclic) bond motifs is 1. The molecule has 2 N–H and O–H groups in total. The van der Waals surface area contributed by atoms with Crippen LogP contribution in [-0.4, -0.2) is 42.6 Å². The van der Waals surface area contributed by atoms with Crippen molar-refractivity contribution in [2.45, 2.75) is 32.2 Å². The molecule has 3 aromatic rings. The van der Waals surface area contributed by atoms with Crippen LogP contribution in [0.4, 0.5) is 0 Å². The predicted molar refractivity (Wildman–Crippen MR) is 86.4 cm³/mol. The number of imidazole rings is 1. The first-order chi connectivity index (χ1) is 11.2. The third-order valence-electron chi connectivity index (χ3n) is 4.53. The second-order valence-corrected chi connectivity index (χ2v) is 6.24. The molecule has 0 bridgehead atoms. The van der Waals surface area contributed by atoms with Crippen molar-refractivity contribution in [2.75, 3.05) is 13.1 Å². The Labute approximate surface area is 133 Å². The number of aromatic nitrogens is 5. The van der Waals surface area contributed by atoms with E-state index in [9.17, 15) is 4.79 Å². The van der Waals surface area contributed by atoms with E-state index in [-0.39, 0.29) is 5.56 Å². The molecule has 0 atom stereocenters. The minimum atomic E-state index is -0.0314. The van der Waals surface area contributed by atoms with Crippen LogP contribution in [0.2, 0.25) is 0 Å². The standard InChI is InChI=1S/C16H20N6O/c1-11-8-15-19-13(9-16(23)22(15)20-11)12-2-6-21(7-3-12)10-14-17-4-5-18-14/h4-5,8-9,12,20H,2-3,6-7,10H2,1H3,(H,17,18). The summed E-state index contributed by atoms with van der Waals surface area (Å²) in [4.78, 5) is 26.7. The van der Waals surface area contributed by atoms with E-state index >= 15 is 0 Å². The first-order valence-corrected chi connectivity index (χ1v) is 7.99. The van der Waals surface area contributed by atoms with Crippen LogP contribution in [0.25, 0.3) is 5.65 Å². The molecule has 7 heteroatoms. The SMILES string of the molecule is Cc1cc2nc(C3CCN(Cc4ncc[nH]4)CC3)cc(=O)n2[nH]1. The smallest absolute Gasteiger partial charge is 0.272 e. The Morgan fingerprint density at radius 1 is 1.30 bits per heavy atom.